The first kappa shape index (κ1) is 14.1. The molecule has 1 aromatic heterocycles. The van der Waals surface area contributed by atoms with Crippen LogP contribution in [0.25, 0.3) is 0 Å². The molecule has 0 N–H and O–H groups in total. The molecule has 20 heavy (non-hydrogen) atoms. The van der Waals surface area contributed by atoms with E-state index in [-0.39, 0.29) is 33.1 Å². The molecular weight excluding hydrogens is 305 g/mol. The lowest BCUT2D eigenvalue weighted by Gasteiger charge is -2.06. The fourth-order valence-electron chi connectivity index (χ4n) is 1.42. The molecule has 0 aliphatic heterocycles. The van der Waals surface area contributed by atoms with Crippen LogP contribution in [-0.4, -0.2) is 9.91 Å². The molecule has 0 unspecified atom stereocenters. The first-order valence-corrected chi connectivity index (χ1v) is 5.94. The number of nitrogens with zero attached hydrogens (tertiary/aromatic N) is 3. The highest BCUT2D eigenvalue weighted by Crippen LogP contribution is 2.33. The molecule has 0 amide bonds. The predicted octanol–water partition coefficient (Wildman–Crippen LogP) is 3.96. The standard InChI is InChI=1S/C12H5Cl2N3O3/c13-8-1-2-10(9(5-8)17(18)19)20-12-4-7(6-15)3-11(14)16-12/h1-5H. The molecule has 0 saturated carbocycles. The quantitative estimate of drug-likeness (QED) is 0.486. The molecule has 0 fully saturated rings. The van der Waals surface area contributed by atoms with Gasteiger partial charge in [-0.15, -0.1) is 0 Å². The second kappa shape index (κ2) is 5.74. The van der Waals surface area contributed by atoms with Gasteiger partial charge in [0.15, 0.2) is 0 Å². The van der Waals surface area contributed by atoms with E-state index in [1.54, 1.807) is 0 Å². The average Bonchev–Trinajstić information content (AvgIpc) is 2.40. The first-order valence-electron chi connectivity index (χ1n) is 5.19. The molecule has 0 spiro atoms. The number of hydrogen-bond donors (Lipinski definition) is 0. The summed E-state index contributed by atoms with van der Waals surface area (Å²) in [6.07, 6.45) is 0. The fourth-order valence-corrected chi connectivity index (χ4v) is 1.79. The van der Waals surface area contributed by atoms with Crippen molar-refractivity contribution in [3.8, 4) is 17.7 Å². The number of nitro benzene ring substituents is 1. The molecule has 1 heterocycles. The zero-order chi connectivity index (χ0) is 14.7. The maximum Gasteiger partial charge on any atom is 0.313 e. The number of nitro groups is 1. The van der Waals surface area contributed by atoms with Crippen LogP contribution in [0.2, 0.25) is 10.2 Å². The number of hydrogen-bond acceptors (Lipinski definition) is 5. The van der Waals surface area contributed by atoms with Crippen molar-refractivity contribution in [2.45, 2.75) is 0 Å². The number of halogens is 2. The molecule has 0 radical (unpaired) electrons. The van der Waals surface area contributed by atoms with Crippen molar-refractivity contribution in [2.24, 2.45) is 0 Å². The minimum absolute atomic E-state index is 0.0144. The second-order valence-electron chi connectivity index (χ2n) is 3.60. The molecule has 0 saturated heterocycles. The maximum absolute atomic E-state index is 10.9. The number of nitriles is 1. The molecule has 0 aliphatic carbocycles. The van der Waals surface area contributed by atoms with Gasteiger partial charge in [0.25, 0.3) is 0 Å². The van der Waals surface area contributed by atoms with Gasteiger partial charge in [-0.25, -0.2) is 4.98 Å². The molecule has 0 atom stereocenters. The van der Waals surface area contributed by atoms with Crippen LogP contribution in [0.15, 0.2) is 30.3 Å². The van der Waals surface area contributed by atoms with Gasteiger partial charge in [-0.3, -0.25) is 10.1 Å². The Balaban J connectivity index is 2.42. The van der Waals surface area contributed by atoms with E-state index in [9.17, 15) is 10.1 Å². The van der Waals surface area contributed by atoms with Crippen LogP contribution in [0, 0.1) is 21.4 Å². The Morgan fingerprint density at radius 3 is 2.70 bits per heavy atom. The highest BCUT2D eigenvalue weighted by molar-refractivity contribution is 6.30. The van der Waals surface area contributed by atoms with Gasteiger partial charge in [0.2, 0.25) is 11.6 Å². The molecule has 8 heteroatoms. The molecular formula is C12H5Cl2N3O3. The zero-order valence-corrected chi connectivity index (χ0v) is 11.2. The van der Waals surface area contributed by atoms with Gasteiger partial charge in [-0.05, 0) is 18.2 Å². The van der Waals surface area contributed by atoms with Gasteiger partial charge in [-0.1, -0.05) is 23.2 Å². The van der Waals surface area contributed by atoms with Crippen molar-refractivity contribution in [3.05, 3.63) is 56.2 Å². The lowest BCUT2D eigenvalue weighted by molar-refractivity contribution is -0.385. The average molecular weight is 310 g/mol. The fraction of sp³-hybridized carbons (Fsp3) is 0. The summed E-state index contributed by atoms with van der Waals surface area (Å²) >= 11 is 11.4. The van der Waals surface area contributed by atoms with E-state index in [0.717, 1.165) is 6.07 Å². The zero-order valence-electron chi connectivity index (χ0n) is 9.71. The van der Waals surface area contributed by atoms with Gasteiger partial charge in [-0.2, -0.15) is 5.26 Å². The minimum atomic E-state index is -0.628. The number of rotatable bonds is 3. The van der Waals surface area contributed by atoms with Crippen molar-refractivity contribution < 1.29 is 9.66 Å². The smallest absolute Gasteiger partial charge is 0.313 e. The van der Waals surface area contributed by atoms with E-state index in [1.807, 2.05) is 6.07 Å². The third kappa shape index (κ3) is 3.15. The summed E-state index contributed by atoms with van der Waals surface area (Å²) in [6.45, 7) is 0. The third-order valence-corrected chi connectivity index (χ3v) is 2.66. The highest BCUT2D eigenvalue weighted by Gasteiger charge is 2.17. The Bertz CT molecular complexity index is 728. The monoisotopic (exact) mass is 309 g/mol. The number of benzene rings is 1. The minimum Gasteiger partial charge on any atom is -0.432 e. The number of aromatic nitrogens is 1. The maximum atomic E-state index is 10.9. The van der Waals surface area contributed by atoms with E-state index in [2.05, 4.69) is 4.98 Å². The Morgan fingerprint density at radius 2 is 2.05 bits per heavy atom. The summed E-state index contributed by atoms with van der Waals surface area (Å²) < 4.78 is 5.30. The molecule has 0 aliphatic rings. The summed E-state index contributed by atoms with van der Waals surface area (Å²) in [4.78, 5) is 14.1. The van der Waals surface area contributed by atoms with E-state index >= 15 is 0 Å². The van der Waals surface area contributed by atoms with Crippen LogP contribution >= 0.6 is 23.2 Å². The Kier molecular flexibility index (Phi) is 4.03. The van der Waals surface area contributed by atoms with Gasteiger partial charge in [0, 0.05) is 17.2 Å². The van der Waals surface area contributed by atoms with Crippen LogP contribution in [0.4, 0.5) is 5.69 Å². The molecule has 6 nitrogen and oxygen atoms in total. The molecule has 1 aromatic carbocycles. The van der Waals surface area contributed by atoms with Crippen LogP contribution in [0.5, 0.6) is 11.6 Å². The van der Waals surface area contributed by atoms with Crippen LogP contribution in [-0.2, 0) is 0 Å². The van der Waals surface area contributed by atoms with E-state index in [4.69, 9.17) is 33.2 Å². The lowest BCUT2D eigenvalue weighted by atomic mass is 10.3. The molecule has 100 valence electrons. The lowest BCUT2D eigenvalue weighted by Crippen LogP contribution is -1.95. The Hall–Kier alpha value is -2.36. The van der Waals surface area contributed by atoms with E-state index in [0.29, 0.717) is 0 Å². The van der Waals surface area contributed by atoms with Gasteiger partial charge < -0.3 is 4.74 Å². The summed E-state index contributed by atoms with van der Waals surface area (Å²) in [6, 6.07) is 8.50. The topological polar surface area (TPSA) is 89.0 Å². The molecule has 2 aromatic rings. The predicted molar refractivity (Wildman–Crippen MR) is 72.1 cm³/mol. The Labute approximate surface area is 123 Å². The van der Waals surface area contributed by atoms with Crippen molar-refractivity contribution in [1.82, 2.24) is 4.98 Å². The summed E-state index contributed by atoms with van der Waals surface area (Å²) in [7, 11) is 0. The SMILES string of the molecule is N#Cc1cc(Cl)nc(Oc2ccc(Cl)cc2[N+](=O)[O-])c1. The van der Waals surface area contributed by atoms with Crippen LogP contribution < -0.4 is 4.74 Å². The first-order chi connectivity index (χ1) is 9.49. The van der Waals surface area contributed by atoms with Crippen molar-refractivity contribution in [2.75, 3.05) is 0 Å². The van der Waals surface area contributed by atoms with E-state index in [1.165, 1.54) is 24.3 Å². The number of ether oxygens (including phenoxy) is 1. The van der Waals surface area contributed by atoms with Gasteiger partial charge >= 0.3 is 5.69 Å². The summed E-state index contributed by atoms with van der Waals surface area (Å²) in [5, 5.41) is 20.0. The number of pyridine rings is 1. The summed E-state index contributed by atoms with van der Waals surface area (Å²) in [5.41, 5.74) is -0.0746. The molecule has 0 bridgehead atoms. The largest absolute Gasteiger partial charge is 0.432 e. The molecule has 2 rings (SSSR count). The third-order valence-electron chi connectivity index (χ3n) is 2.23. The Morgan fingerprint density at radius 1 is 1.30 bits per heavy atom. The van der Waals surface area contributed by atoms with Gasteiger partial charge in [0.05, 0.1) is 16.6 Å². The van der Waals surface area contributed by atoms with Crippen molar-refractivity contribution in [1.29, 1.82) is 5.26 Å². The second-order valence-corrected chi connectivity index (χ2v) is 4.42. The van der Waals surface area contributed by atoms with Crippen molar-refractivity contribution >= 4 is 28.9 Å². The van der Waals surface area contributed by atoms with Crippen molar-refractivity contribution in [3.63, 3.8) is 0 Å². The van der Waals surface area contributed by atoms with Gasteiger partial charge in [0.1, 0.15) is 5.15 Å². The van der Waals surface area contributed by atoms with E-state index < -0.39 is 4.92 Å². The highest BCUT2D eigenvalue weighted by atomic mass is 35.5. The normalized spacial score (nSPS) is 9.85. The van der Waals surface area contributed by atoms with Crippen LogP contribution in [0.1, 0.15) is 5.56 Å². The van der Waals surface area contributed by atoms with Crippen LogP contribution in [0.3, 0.4) is 0 Å². The summed E-state index contributed by atoms with van der Waals surface area (Å²) in [5.74, 6) is -0.0578.